The van der Waals surface area contributed by atoms with E-state index in [1.54, 1.807) is 0 Å². The highest BCUT2D eigenvalue weighted by molar-refractivity contribution is 6.08. The molecule has 4 aromatic rings. The number of rotatable bonds is 3. The lowest BCUT2D eigenvalue weighted by molar-refractivity contribution is -0.0979. The Morgan fingerprint density at radius 3 is 2.52 bits per heavy atom. The van der Waals surface area contributed by atoms with Crippen LogP contribution in [-0.2, 0) is 11.8 Å². The number of nitrogens with zero attached hydrogens (tertiary/aromatic N) is 3. The molecule has 136 valence electrons. The lowest BCUT2D eigenvalue weighted by Gasteiger charge is -2.25. The molecule has 1 aromatic carbocycles. The van der Waals surface area contributed by atoms with Gasteiger partial charge in [-0.1, -0.05) is 12.1 Å². The highest BCUT2D eigenvalue weighted by Crippen LogP contribution is 2.31. The molecule has 0 N–H and O–H groups in total. The largest absolute Gasteiger partial charge is 0.474 e. The van der Waals surface area contributed by atoms with E-state index in [2.05, 4.69) is 51.9 Å². The van der Waals surface area contributed by atoms with Crippen molar-refractivity contribution in [3.63, 3.8) is 0 Å². The summed E-state index contributed by atoms with van der Waals surface area (Å²) in [6.07, 6.45) is 9.60. The minimum Gasteiger partial charge on any atom is -0.474 e. The van der Waals surface area contributed by atoms with Crippen molar-refractivity contribution in [3.05, 3.63) is 55.0 Å². The molecule has 5 rings (SSSR count). The van der Waals surface area contributed by atoms with Crippen molar-refractivity contribution in [2.24, 2.45) is 7.05 Å². The summed E-state index contributed by atoms with van der Waals surface area (Å²) < 4.78 is 8.07. The van der Waals surface area contributed by atoms with Crippen LogP contribution in [0.2, 0.25) is 0 Å². The number of hydrogen-bond acceptors (Lipinski definition) is 4. The molecule has 0 aliphatic heterocycles. The molecule has 3 aromatic heterocycles. The van der Waals surface area contributed by atoms with Gasteiger partial charge in [-0.05, 0) is 43.0 Å². The maximum absolute atomic E-state index is 8.00. The van der Waals surface area contributed by atoms with Crippen LogP contribution in [0.4, 0.5) is 0 Å². The van der Waals surface area contributed by atoms with E-state index < -0.39 is 0 Å². The number of carbonyl (C=O) groups is 1. The van der Waals surface area contributed by atoms with Gasteiger partial charge >= 0.3 is 0 Å². The second kappa shape index (κ2) is 7.19. The number of hydrogen-bond donors (Lipinski definition) is 0. The number of aromatic nitrogens is 3. The molecular formula is C22H21N3O2. The van der Waals surface area contributed by atoms with E-state index in [9.17, 15) is 0 Å². The zero-order valence-electron chi connectivity index (χ0n) is 15.3. The topological polar surface area (TPSA) is 57.0 Å². The van der Waals surface area contributed by atoms with Crippen LogP contribution in [0.5, 0.6) is 5.88 Å². The quantitative estimate of drug-likeness (QED) is 0.539. The number of fused-ring (bicyclic) bond motifs is 3. The van der Waals surface area contributed by atoms with E-state index >= 15 is 0 Å². The van der Waals surface area contributed by atoms with Crippen LogP contribution < -0.4 is 4.74 Å². The van der Waals surface area contributed by atoms with Crippen LogP contribution in [0.15, 0.2) is 55.0 Å². The summed E-state index contributed by atoms with van der Waals surface area (Å²) in [6, 6.07) is 12.7. The fourth-order valence-electron chi connectivity index (χ4n) is 3.51. The molecule has 5 nitrogen and oxygen atoms in total. The van der Waals surface area contributed by atoms with Gasteiger partial charge < -0.3 is 14.1 Å². The zero-order chi connectivity index (χ0) is 18.8. The molecule has 1 aliphatic rings. The van der Waals surface area contributed by atoms with E-state index in [1.165, 1.54) is 28.2 Å². The lowest BCUT2D eigenvalue weighted by atomic mass is 9.96. The second-order valence-electron chi connectivity index (χ2n) is 6.74. The second-order valence-corrected chi connectivity index (χ2v) is 6.74. The molecule has 3 heterocycles. The summed E-state index contributed by atoms with van der Waals surface area (Å²) in [5.41, 5.74) is 4.67. The highest BCUT2D eigenvalue weighted by Gasteiger charge is 2.19. The third kappa shape index (κ3) is 3.05. The minimum atomic E-state index is 0.360. The zero-order valence-corrected chi connectivity index (χ0v) is 15.3. The van der Waals surface area contributed by atoms with Gasteiger partial charge in [0, 0.05) is 53.6 Å². The van der Waals surface area contributed by atoms with E-state index in [0.29, 0.717) is 6.10 Å². The average Bonchev–Trinajstić information content (AvgIpc) is 2.99. The SMILES string of the molecule is C=O.Cn1c2ccncc2c2ccc(-c3ccc(OC4CCC4)nc3)cc21. The summed E-state index contributed by atoms with van der Waals surface area (Å²) in [5.74, 6) is 0.727. The molecule has 27 heavy (non-hydrogen) atoms. The minimum absolute atomic E-state index is 0.360. The first-order valence-corrected chi connectivity index (χ1v) is 9.04. The Balaban J connectivity index is 0.000000872. The number of carbonyl (C=O) groups excluding carboxylic acids is 1. The Hall–Kier alpha value is -3.21. The van der Waals surface area contributed by atoms with Crippen LogP contribution in [0.1, 0.15) is 19.3 Å². The monoisotopic (exact) mass is 359 g/mol. The van der Waals surface area contributed by atoms with Crippen molar-refractivity contribution in [1.29, 1.82) is 0 Å². The van der Waals surface area contributed by atoms with E-state index in [1.807, 2.05) is 31.4 Å². The maximum Gasteiger partial charge on any atom is 0.213 e. The molecule has 0 atom stereocenters. The summed E-state index contributed by atoms with van der Waals surface area (Å²) in [7, 11) is 2.10. The molecule has 0 spiro atoms. The third-order valence-corrected chi connectivity index (χ3v) is 5.22. The van der Waals surface area contributed by atoms with E-state index in [4.69, 9.17) is 9.53 Å². The first-order chi connectivity index (χ1) is 13.3. The first kappa shape index (κ1) is 17.2. The van der Waals surface area contributed by atoms with Gasteiger partial charge in [-0.25, -0.2) is 4.98 Å². The van der Waals surface area contributed by atoms with Gasteiger partial charge in [0.05, 0.1) is 5.52 Å². The molecule has 0 bridgehead atoms. The van der Waals surface area contributed by atoms with Crippen molar-refractivity contribution < 1.29 is 9.53 Å². The number of aryl methyl sites for hydroxylation is 1. The molecule has 1 fully saturated rings. The molecule has 5 heteroatoms. The van der Waals surface area contributed by atoms with Gasteiger partial charge in [0.25, 0.3) is 0 Å². The third-order valence-electron chi connectivity index (χ3n) is 5.22. The van der Waals surface area contributed by atoms with Crippen LogP contribution >= 0.6 is 0 Å². The molecule has 1 saturated carbocycles. The van der Waals surface area contributed by atoms with Crippen molar-refractivity contribution in [3.8, 4) is 17.0 Å². The maximum atomic E-state index is 8.00. The molecule has 0 unspecified atom stereocenters. The number of ether oxygens (including phenoxy) is 1. The number of benzene rings is 1. The Labute approximate surface area is 157 Å². The summed E-state index contributed by atoms with van der Waals surface area (Å²) in [6.45, 7) is 2.00. The van der Waals surface area contributed by atoms with Crippen molar-refractivity contribution in [2.45, 2.75) is 25.4 Å². The Morgan fingerprint density at radius 1 is 1.00 bits per heavy atom. The van der Waals surface area contributed by atoms with Crippen molar-refractivity contribution >= 4 is 28.6 Å². The summed E-state index contributed by atoms with van der Waals surface area (Å²) in [4.78, 5) is 16.7. The lowest BCUT2D eigenvalue weighted by Crippen LogP contribution is -2.24. The molecule has 0 amide bonds. The fourth-order valence-corrected chi connectivity index (χ4v) is 3.51. The first-order valence-electron chi connectivity index (χ1n) is 9.04. The van der Waals surface area contributed by atoms with Crippen LogP contribution in [-0.4, -0.2) is 27.4 Å². The Bertz CT molecular complexity index is 1080. The van der Waals surface area contributed by atoms with Gasteiger partial charge in [0.1, 0.15) is 12.9 Å². The predicted molar refractivity (Wildman–Crippen MR) is 107 cm³/mol. The number of pyridine rings is 2. The van der Waals surface area contributed by atoms with Crippen molar-refractivity contribution in [2.75, 3.05) is 0 Å². The van der Waals surface area contributed by atoms with Gasteiger partial charge in [-0.3, -0.25) is 4.98 Å². The highest BCUT2D eigenvalue weighted by atomic mass is 16.5. The van der Waals surface area contributed by atoms with Gasteiger partial charge in [-0.15, -0.1) is 0 Å². The van der Waals surface area contributed by atoms with Crippen LogP contribution in [0, 0.1) is 0 Å². The van der Waals surface area contributed by atoms with Crippen molar-refractivity contribution in [1.82, 2.24) is 14.5 Å². The average molecular weight is 359 g/mol. The van der Waals surface area contributed by atoms with Gasteiger partial charge in [0.2, 0.25) is 5.88 Å². The summed E-state index contributed by atoms with van der Waals surface area (Å²) >= 11 is 0. The molecule has 0 radical (unpaired) electrons. The van der Waals surface area contributed by atoms with Crippen LogP contribution in [0.25, 0.3) is 32.9 Å². The van der Waals surface area contributed by atoms with Gasteiger partial charge in [-0.2, -0.15) is 0 Å². The normalized spacial score (nSPS) is 13.8. The smallest absolute Gasteiger partial charge is 0.213 e. The van der Waals surface area contributed by atoms with E-state index in [0.717, 1.165) is 29.8 Å². The Kier molecular flexibility index (Phi) is 4.59. The Morgan fingerprint density at radius 2 is 1.81 bits per heavy atom. The molecule has 1 aliphatic carbocycles. The fraction of sp³-hybridized carbons (Fsp3) is 0.227. The van der Waals surface area contributed by atoms with E-state index in [-0.39, 0.29) is 0 Å². The standard InChI is InChI=1S/C21H19N3O.CH2O/c1-24-19-9-10-22-13-18(19)17-7-5-14(11-20(17)24)15-6-8-21(23-12-15)25-16-3-2-4-16;1-2/h5-13,16H,2-4H2,1H3;1H2. The summed E-state index contributed by atoms with van der Waals surface area (Å²) in [5, 5.41) is 2.42. The van der Waals surface area contributed by atoms with Gasteiger partial charge in [0.15, 0.2) is 0 Å². The predicted octanol–water partition coefficient (Wildman–Crippen LogP) is 4.53. The molecule has 0 saturated heterocycles. The molecular weight excluding hydrogens is 338 g/mol. The van der Waals surface area contributed by atoms with Crippen LogP contribution in [0.3, 0.4) is 0 Å².